The van der Waals surface area contributed by atoms with E-state index in [0.717, 1.165) is 6.07 Å². The average molecular weight is 331 g/mol. The molecule has 0 bridgehead atoms. The zero-order valence-electron chi connectivity index (χ0n) is 11.9. The van der Waals surface area contributed by atoms with E-state index in [1.165, 1.54) is 21.9 Å². The Kier molecular flexibility index (Phi) is 5.00. The number of carboxylic acid groups (broad SMARTS) is 1. The number of hydrogen-bond donors (Lipinski definition) is 2. The van der Waals surface area contributed by atoms with Crippen LogP contribution in [0.4, 0.5) is 4.39 Å². The lowest BCUT2D eigenvalue weighted by molar-refractivity contribution is -0.138. The Morgan fingerprint density at radius 2 is 2.14 bits per heavy atom. The number of amides is 1. The van der Waals surface area contributed by atoms with E-state index in [2.05, 4.69) is 0 Å². The smallest absolute Gasteiger partial charge is 0.317 e. The molecule has 1 aliphatic rings. The number of aliphatic carboxylic acids is 1. The minimum absolute atomic E-state index is 0.0233. The normalized spacial score (nSPS) is 21.4. The Balaban J connectivity index is 2.11. The molecule has 1 heterocycles. The van der Waals surface area contributed by atoms with Crippen LogP contribution >= 0.6 is 11.6 Å². The van der Waals surface area contributed by atoms with E-state index in [1.807, 2.05) is 0 Å². The molecule has 0 unspecified atom stereocenters. The maximum absolute atomic E-state index is 13.8. The van der Waals surface area contributed by atoms with Crippen molar-refractivity contribution < 1.29 is 24.2 Å². The van der Waals surface area contributed by atoms with Crippen molar-refractivity contribution in [3.05, 3.63) is 34.6 Å². The second-order valence-corrected chi connectivity index (χ2v) is 5.71. The zero-order valence-corrected chi connectivity index (χ0v) is 12.6. The number of carbonyl (C=O) groups is 2. The van der Waals surface area contributed by atoms with Gasteiger partial charge in [0.2, 0.25) is 0 Å². The number of hydrogen-bond acceptors (Lipinski definition) is 4. The first-order valence-electron chi connectivity index (χ1n) is 6.64. The first-order chi connectivity index (χ1) is 10.3. The summed E-state index contributed by atoms with van der Waals surface area (Å²) in [4.78, 5) is 25.8. The molecule has 1 amide bonds. The van der Waals surface area contributed by atoms with Gasteiger partial charge in [-0.3, -0.25) is 14.5 Å². The molecule has 1 aromatic carbocycles. The summed E-state index contributed by atoms with van der Waals surface area (Å²) in [5.74, 6) is -2.31. The van der Waals surface area contributed by atoms with Crippen molar-refractivity contribution >= 4 is 23.5 Å². The Hall–Kier alpha value is -1.70. The lowest BCUT2D eigenvalue weighted by atomic mass is 10.2. The lowest BCUT2D eigenvalue weighted by Gasteiger charge is -2.24. The molecule has 22 heavy (non-hydrogen) atoms. The standard InChI is InChI=1S/C14H16ClFN2O4/c1-17(7-13(20)21)11-5-18(6-12(11)19)14(22)9-3-2-8(15)4-10(9)16/h2-4,11-12,19H,5-7H2,1H3,(H,20,21)/t11-,12+/m0/s1. The molecule has 8 heteroatoms. The van der Waals surface area contributed by atoms with Crippen molar-refractivity contribution in [2.24, 2.45) is 0 Å². The number of β-amino-alcohol motifs (C(OH)–C–C–N with tert-alkyl or cyclic N) is 1. The molecule has 1 aromatic rings. The van der Waals surface area contributed by atoms with Crippen LogP contribution in [0.2, 0.25) is 5.02 Å². The largest absolute Gasteiger partial charge is 0.480 e. The van der Waals surface area contributed by atoms with Crippen LogP contribution < -0.4 is 0 Å². The van der Waals surface area contributed by atoms with E-state index < -0.39 is 29.8 Å². The zero-order chi connectivity index (χ0) is 16.4. The van der Waals surface area contributed by atoms with Gasteiger partial charge in [0.1, 0.15) is 5.82 Å². The Bertz CT molecular complexity index is 598. The maximum atomic E-state index is 13.8. The third-order valence-electron chi connectivity index (χ3n) is 3.66. The first kappa shape index (κ1) is 16.7. The molecule has 6 nitrogen and oxygen atoms in total. The molecule has 2 rings (SSSR count). The number of aliphatic hydroxyl groups excluding tert-OH is 1. The van der Waals surface area contributed by atoms with Crippen LogP contribution in [-0.2, 0) is 4.79 Å². The summed E-state index contributed by atoms with van der Waals surface area (Å²) >= 11 is 5.65. The highest BCUT2D eigenvalue weighted by molar-refractivity contribution is 6.30. The second kappa shape index (κ2) is 6.60. The number of likely N-dealkylation sites (N-methyl/N-ethyl adjacent to an activating group) is 1. The molecule has 1 aliphatic heterocycles. The van der Waals surface area contributed by atoms with Crippen molar-refractivity contribution in [2.45, 2.75) is 12.1 Å². The van der Waals surface area contributed by atoms with Crippen LogP contribution in [0.3, 0.4) is 0 Å². The summed E-state index contributed by atoms with van der Waals surface area (Å²) < 4.78 is 13.8. The van der Waals surface area contributed by atoms with Crippen LogP contribution in [0.1, 0.15) is 10.4 Å². The van der Waals surface area contributed by atoms with Gasteiger partial charge < -0.3 is 15.1 Å². The summed E-state index contributed by atoms with van der Waals surface area (Å²) in [5.41, 5.74) is -0.127. The highest BCUT2D eigenvalue weighted by Crippen LogP contribution is 2.21. The number of rotatable bonds is 4. The number of aliphatic hydroxyl groups is 1. The van der Waals surface area contributed by atoms with Crippen molar-refractivity contribution in [2.75, 3.05) is 26.7 Å². The maximum Gasteiger partial charge on any atom is 0.317 e. The summed E-state index contributed by atoms with van der Waals surface area (Å²) in [6, 6.07) is 3.25. The average Bonchev–Trinajstić information content (AvgIpc) is 2.79. The van der Waals surface area contributed by atoms with Crippen molar-refractivity contribution in [1.29, 1.82) is 0 Å². The Labute approximate surface area is 131 Å². The predicted molar refractivity (Wildman–Crippen MR) is 77.4 cm³/mol. The summed E-state index contributed by atoms with van der Waals surface area (Å²) in [6.45, 7) is -0.0968. The molecule has 0 radical (unpaired) electrons. The third kappa shape index (κ3) is 3.55. The van der Waals surface area contributed by atoms with Gasteiger partial charge in [-0.1, -0.05) is 11.6 Å². The molecular weight excluding hydrogens is 315 g/mol. The van der Waals surface area contributed by atoms with Gasteiger partial charge in [-0.2, -0.15) is 0 Å². The highest BCUT2D eigenvalue weighted by Gasteiger charge is 2.37. The molecule has 0 aromatic heterocycles. The van der Waals surface area contributed by atoms with Crippen LogP contribution in [0, 0.1) is 5.82 Å². The Morgan fingerprint density at radius 3 is 2.73 bits per heavy atom. The summed E-state index contributed by atoms with van der Waals surface area (Å²) in [7, 11) is 1.55. The van der Waals surface area contributed by atoms with E-state index in [4.69, 9.17) is 16.7 Å². The van der Waals surface area contributed by atoms with E-state index in [1.54, 1.807) is 7.05 Å². The summed E-state index contributed by atoms with van der Waals surface area (Å²) in [5, 5.41) is 19.0. The van der Waals surface area contributed by atoms with Crippen LogP contribution in [0.5, 0.6) is 0 Å². The fourth-order valence-corrected chi connectivity index (χ4v) is 2.69. The van der Waals surface area contributed by atoms with Gasteiger partial charge >= 0.3 is 5.97 Å². The topological polar surface area (TPSA) is 81.1 Å². The fraction of sp³-hybridized carbons (Fsp3) is 0.429. The van der Waals surface area contributed by atoms with Gasteiger partial charge in [-0.05, 0) is 25.2 Å². The number of halogens is 2. The lowest BCUT2D eigenvalue weighted by Crippen LogP contribution is -2.43. The number of likely N-dealkylation sites (tertiary alicyclic amines) is 1. The highest BCUT2D eigenvalue weighted by atomic mass is 35.5. The third-order valence-corrected chi connectivity index (χ3v) is 3.89. The van der Waals surface area contributed by atoms with E-state index in [9.17, 15) is 19.1 Å². The molecular formula is C14H16ClFN2O4. The molecule has 0 aliphatic carbocycles. The molecule has 2 N–H and O–H groups in total. The molecule has 0 saturated carbocycles. The van der Waals surface area contributed by atoms with E-state index in [0.29, 0.717) is 0 Å². The molecule has 1 saturated heterocycles. The monoisotopic (exact) mass is 330 g/mol. The van der Waals surface area contributed by atoms with Gasteiger partial charge in [0.25, 0.3) is 5.91 Å². The van der Waals surface area contributed by atoms with E-state index >= 15 is 0 Å². The van der Waals surface area contributed by atoms with Crippen molar-refractivity contribution in [1.82, 2.24) is 9.80 Å². The molecule has 2 atom stereocenters. The SMILES string of the molecule is CN(CC(=O)O)[C@H]1CN(C(=O)c2ccc(Cl)cc2F)C[C@H]1O. The van der Waals surface area contributed by atoms with Crippen LogP contribution in [-0.4, -0.2) is 70.7 Å². The van der Waals surface area contributed by atoms with Crippen molar-refractivity contribution in [3.63, 3.8) is 0 Å². The molecule has 120 valence electrons. The Morgan fingerprint density at radius 1 is 1.45 bits per heavy atom. The number of carboxylic acids is 1. The van der Waals surface area contributed by atoms with Gasteiger partial charge in [-0.25, -0.2) is 4.39 Å². The van der Waals surface area contributed by atoms with Crippen molar-refractivity contribution in [3.8, 4) is 0 Å². The minimum Gasteiger partial charge on any atom is -0.480 e. The minimum atomic E-state index is -1.02. The number of carbonyl (C=O) groups excluding carboxylic acids is 1. The predicted octanol–water partition coefficient (Wildman–Crippen LogP) is 0.681. The first-order valence-corrected chi connectivity index (χ1v) is 7.02. The quantitative estimate of drug-likeness (QED) is 0.848. The van der Waals surface area contributed by atoms with Crippen LogP contribution in [0.25, 0.3) is 0 Å². The number of benzene rings is 1. The van der Waals surface area contributed by atoms with Crippen LogP contribution in [0.15, 0.2) is 18.2 Å². The second-order valence-electron chi connectivity index (χ2n) is 5.28. The fourth-order valence-electron chi connectivity index (χ4n) is 2.53. The summed E-state index contributed by atoms with van der Waals surface area (Å²) in [6.07, 6.45) is -0.885. The van der Waals surface area contributed by atoms with E-state index in [-0.39, 0.29) is 30.2 Å². The number of nitrogens with zero attached hydrogens (tertiary/aromatic N) is 2. The molecule has 1 fully saturated rings. The van der Waals surface area contributed by atoms with Gasteiger partial charge in [0.15, 0.2) is 0 Å². The molecule has 0 spiro atoms. The van der Waals surface area contributed by atoms with Gasteiger partial charge in [0, 0.05) is 18.1 Å². The van der Waals surface area contributed by atoms with Gasteiger partial charge in [0.05, 0.1) is 24.3 Å². The van der Waals surface area contributed by atoms with Gasteiger partial charge in [-0.15, -0.1) is 0 Å².